The summed E-state index contributed by atoms with van der Waals surface area (Å²) >= 11 is 0. The van der Waals surface area contributed by atoms with E-state index in [0.29, 0.717) is 5.92 Å². The first-order valence-electron chi connectivity index (χ1n) is 7.23. The third-order valence-electron chi connectivity index (χ3n) is 3.22. The van der Waals surface area contributed by atoms with Gasteiger partial charge in [0.25, 0.3) is 0 Å². The highest BCUT2D eigenvalue weighted by atomic mass is 16.2. The Morgan fingerprint density at radius 2 is 1.79 bits per heavy atom. The van der Waals surface area contributed by atoms with E-state index in [4.69, 9.17) is 0 Å². The summed E-state index contributed by atoms with van der Waals surface area (Å²) in [6.07, 6.45) is 7.61. The monoisotopic (exact) mass is 263 g/mol. The molecule has 0 unspecified atom stereocenters. The average Bonchev–Trinajstić information content (AvgIpc) is 2.93. The molecule has 0 atom stereocenters. The fraction of sp³-hybridized carbons (Fsp3) is 0.588. The quantitative estimate of drug-likeness (QED) is 0.419. The summed E-state index contributed by atoms with van der Waals surface area (Å²) in [5, 5.41) is 0. The highest BCUT2D eigenvalue weighted by Gasteiger charge is 2.19. The SMILES string of the molecule is C=C.CC/C=C(\C=C(/C)C(=O)N1CCCC1)C(C)C. The number of hydrogen-bond acceptors (Lipinski definition) is 1. The highest BCUT2D eigenvalue weighted by molar-refractivity contribution is 5.93. The molecule has 2 nitrogen and oxygen atoms in total. The standard InChI is InChI=1S/C15H25NO.C2H4/c1-5-8-14(12(2)3)11-13(4)15(17)16-9-6-7-10-16;1-2/h8,11-12H,5-7,9-10H2,1-4H3;1-2H2/b13-11+,14-8+;. The van der Waals surface area contributed by atoms with Crippen LogP contribution in [0, 0.1) is 5.92 Å². The first-order valence-corrected chi connectivity index (χ1v) is 7.23. The van der Waals surface area contributed by atoms with Crippen LogP contribution in [-0.2, 0) is 4.79 Å². The van der Waals surface area contributed by atoms with Crippen molar-refractivity contribution in [2.45, 2.75) is 47.0 Å². The van der Waals surface area contributed by atoms with Crippen molar-refractivity contribution in [1.29, 1.82) is 0 Å². The van der Waals surface area contributed by atoms with E-state index in [1.165, 1.54) is 5.57 Å². The zero-order valence-corrected chi connectivity index (χ0v) is 13.0. The van der Waals surface area contributed by atoms with Crippen LogP contribution in [0.2, 0.25) is 0 Å². The van der Waals surface area contributed by atoms with Crippen molar-refractivity contribution >= 4 is 5.91 Å². The molecule has 0 aliphatic carbocycles. The summed E-state index contributed by atoms with van der Waals surface area (Å²) in [6, 6.07) is 0. The normalized spacial score (nSPS) is 16.4. The van der Waals surface area contributed by atoms with Gasteiger partial charge >= 0.3 is 0 Å². The second-order valence-corrected chi connectivity index (χ2v) is 5.09. The highest BCUT2D eigenvalue weighted by Crippen LogP contribution is 2.17. The van der Waals surface area contributed by atoms with Gasteiger partial charge in [-0.3, -0.25) is 4.79 Å². The molecule has 0 aromatic heterocycles. The second-order valence-electron chi connectivity index (χ2n) is 5.09. The minimum Gasteiger partial charge on any atom is -0.339 e. The molecule has 0 bridgehead atoms. The predicted molar refractivity (Wildman–Crippen MR) is 84.0 cm³/mol. The molecule has 0 aromatic rings. The van der Waals surface area contributed by atoms with Crippen molar-refractivity contribution in [3.05, 3.63) is 36.5 Å². The lowest BCUT2D eigenvalue weighted by Gasteiger charge is -2.16. The number of likely N-dealkylation sites (tertiary alicyclic amines) is 1. The van der Waals surface area contributed by atoms with Crippen LogP contribution < -0.4 is 0 Å². The van der Waals surface area contributed by atoms with Crippen molar-refractivity contribution in [2.24, 2.45) is 5.92 Å². The van der Waals surface area contributed by atoms with Crippen LogP contribution in [0.15, 0.2) is 36.5 Å². The zero-order valence-electron chi connectivity index (χ0n) is 13.0. The van der Waals surface area contributed by atoms with Gasteiger partial charge in [0, 0.05) is 18.7 Å². The number of rotatable bonds is 4. The van der Waals surface area contributed by atoms with Crippen LogP contribution in [-0.4, -0.2) is 23.9 Å². The van der Waals surface area contributed by atoms with E-state index in [1.807, 2.05) is 11.8 Å². The Morgan fingerprint density at radius 1 is 1.26 bits per heavy atom. The van der Waals surface area contributed by atoms with Gasteiger partial charge in [-0.05, 0) is 37.7 Å². The Hall–Kier alpha value is -1.31. The molecule has 0 aromatic carbocycles. The van der Waals surface area contributed by atoms with E-state index in [1.54, 1.807) is 0 Å². The molecule has 0 N–H and O–H groups in total. The lowest BCUT2D eigenvalue weighted by molar-refractivity contribution is -0.126. The first-order chi connectivity index (χ1) is 9.06. The van der Waals surface area contributed by atoms with E-state index in [2.05, 4.69) is 46.1 Å². The maximum Gasteiger partial charge on any atom is 0.249 e. The number of allylic oxidation sites excluding steroid dienone is 3. The molecule has 1 aliphatic rings. The van der Waals surface area contributed by atoms with Gasteiger partial charge in [-0.25, -0.2) is 0 Å². The van der Waals surface area contributed by atoms with Gasteiger partial charge in [0.1, 0.15) is 0 Å². The molecule has 1 fully saturated rings. The Morgan fingerprint density at radius 3 is 2.21 bits per heavy atom. The number of nitrogens with zero attached hydrogens (tertiary/aromatic N) is 1. The van der Waals surface area contributed by atoms with Crippen molar-refractivity contribution in [2.75, 3.05) is 13.1 Å². The van der Waals surface area contributed by atoms with Gasteiger partial charge in [0.15, 0.2) is 0 Å². The molecule has 2 heteroatoms. The van der Waals surface area contributed by atoms with Crippen LogP contribution in [0.3, 0.4) is 0 Å². The van der Waals surface area contributed by atoms with Gasteiger partial charge in [-0.1, -0.05) is 32.9 Å². The Labute approximate surface area is 118 Å². The molecule has 1 amide bonds. The van der Waals surface area contributed by atoms with Crippen LogP contribution in [0.5, 0.6) is 0 Å². The Kier molecular flexibility index (Phi) is 8.94. The van der Waals surface area contributed by atoms with Crippen molar-refractivity contribution in [3.63, 3.8) is 0 Å². The van der Waals surface area contributed by atoms with Crippen molar-refractivity contribution in [1.82, 2.24) is 4.90 Å². The molecule has 1 aliphatic heterocycles. The van der Waals surface area contributed by atoms with Gasteiger partial charge in [0.2, 0.25) is 5.91 Å². The minimum atomic E-state index is 0.213. The van der Waals surface area contributed by atoms with Crippen LogP contribution in [0.4, 0.5) is 0 Å². The van der Waals surface area contributed by atoms with E-state index in [9.17, 15) is 4.79 Å². The van der Waals surface area contributed by atoms with Gasteiger partial charge in [0.05, 0.1) is 0 Å². The summed E-state index contributed by atoms with van der Waals surface area (Å²) < 4.78 is 0. The molecule has 1 heterocycles. The van der Waals surface area contributed by atoms with Crippen molar-refractivity contribution < 1.29 is 4.79 Å². The summed E-state index contributed by atoms with van der Waals surface area (Å²) in [5.74, 6) is 0.696. The van der Waals surface area contributed by atoms with Crippen LogP contribution >= 0.6 is 0 Å². The van der Waals surface area contributed by atoms with E-state index in [0.717, 1.165) is 37.9 Å². The molecule has 0 radical (unpaired) electrons. The Bertz CT molecular complexity index is 333. The third kappa shape index (κ3) is 5.91. The van der Waals surface area contributed by atoms with E-state index < -0.39 is 0 Å². The zero-order chi connectivity index (χ0) is 14.8. The maximum absolute atomic E-state index is 12.1. The lowest BCUT2D eigenvalue weighted by Crippen LogP contribution is -2.28. The third-order valence-corrected chi connectivity index (χ3v) is 3.22. The summed E-state index contributed by atoms with van der Waals surface area (Å²) in [5.41, 5.74) is 2.15. The second kappa shape index (κ2) is 9.60. The van der Waals surface area contributed by atoms with Gasteiger partial charge in [-0.2, -0.15) is 0 Å². The molecular formula is C17H29NO. The molecule has 0 spiro atoms. The van der Waals surface area contributed by atoms with Gasteiger partial charge in [-0.15, -0.1) is 13.2 Å². The minimum absolute atomic E-state index is 0.213. The summed E-state index contributed by atoms with van der Waals surface area (Å²) in [4.78, 5) is 14.1. The smallest absolute Gasteiger partial charge is 0.249 e. The fourth-order valence-electron chi connectivity index (χ4n) is 2.18. The number of hydrogen-bond donors (Lipinski definition) is 0. The molecule has 1 rings (SSSR count). The maximum atomic E-state index is 12.1. The predicted octanol–water partition coefficient (Wildman–Crippen LogP) is 4.35. The molecule has 108 valence electrons. The van der Waals surface area contributed by atoms with Crippen LogP contribution in [0.1, 0.15) is 47.0 Å². The molecular weight excluding hydrogens is 234 g/mol. The van der Waals surface area contributed by atoms with Crippen LogP contribution in [0.25, 0.3) is 0 Å². The average molecular weight is 263 g/mol. The first kappa shape index (κ1) is 17.7. The molecule has 1 saturated heterocycles. The lowest BCUT2D eigenvalue weighted by atomic mass is 9.99. The summed E-state index contributed by atoms with van der Waals surface area (Å²) in [6.45, 7) is 16.3. The topological polar surface area (TPSA) is 20.3 Å². The number of amides is 1. The Balaban J connectivity index is 0.00000154. The van der Waals surface area contributed by atoms with Gasteiger partial charge < -0.3 is 4.90 Å². The van der Waals surface area contributed by atoms with E-state index in [-0.39, 0.29) is 5.91 Å². The van der Waals surface area contributed by atoms with E-state index >= 15 is 0 Å². The number of carbonyl (C=O) groups excluding carboxylic acids is 1. The van der Waals surface area contributed by atoms with Crippen molar-refractivity contribution in [3.8, 4) is 0 Å². The fourth-order valence-corrected chi connectivity index (χ4v) is 2.18. The summed E-state index contributed by atoms with van der Waals surface area (Å²) in [7, 11) is 0. The molecule has 0 saturated carbocycles. The molecule has 19 heavy (non-hydrogen) atoms. The number of carbonyl (C=O) groups is 1. The largest absolute Gasteiger partial charge is 0.339 e.